The topological polar surface area (TPSA) is 35.0 Å². The molecule has 0 bridgehead atoms. The fourth-order valence-electron chi connectivity index (χ4n) is 5.24. The Morgan fingerprint density at radius 2 is 1.24 bits per heavy atom. The molecule has 1 aliphatic carbocycles. The van der Waals surface area contributed by atoms with Crippen LogP contribution in [0.25, 0.3) is 32.3 Å². The lowest BCUT2D eigenvalue weighted by molar-refractivity contribution is 0.591. The van der Waals surface area contributed by atoms with Gasteiger partial charge in [0.15, 0.2) is 0 Å². The molecule has 0 saturated heterocycles. The molecule has 0 spiro atoms. The largest absolute Gasteiger partial charge is 0.344 e. The second-order valence-corrected chi connectivity index (χ2v) is 8.09. The first kappa shape index (κ1) is 17.9. The molecule has 1 unspecified atom stereocenters. The monoisotopic (exact) mass is 375 g/mol. The van der Waals surface area contributed by atoms with E-state index in [1.54, 1.807) is 5.56 Å². The van der Waals surface area contributed by atoms with Gasteiger partial charge in [-0.15, -0.1) is 0 Å². The first-order valence-corrected chi connectivity index (χ1v) is 10.3. The lowest BCUT2D eigenvalue weighted by atomic mass is 9.77. The Morgan fingerprint density at radius 3 is 2.10 bits per heavy atom. The van der Waals surface area contributed by atoms with Gasteiger partial charge in [-0.3, -0.25) is 0 Å². The molecule has 1 nitrogen and oxygen atoms in total. The molecule has 1 aliphatic rings. The highest BCUT2D eigenvalue weighted by atomic mass is 14.3. The van der Waals surface area contributed by atoms with Gasteiger partial charge in [-0.2, -0.15) is 0 Å². The van der Waals surface area contributed by atoms with Crippen LogP contribution >= 0.6 is 0 Å². The number of rotatable bonds is 1. The fraction of sp³-hybridized carbons (Fsp3) is 0.143. The molecular formula is C28H25N. The van der Waals surface area contributed by atoms with Gasteiger partial charge < -0.3 is 6.15 Å². The van der Waals surface area contributed by atoms with E-state index in [1.807, 2.05) is 0 Å². The van der Waals surface area contributed by atoms with Gasteiger partial charge in [0.05, 0.1) is 0 Å². The first-order valence-electron chi connectivity index (χ1n) is 10.3. The zero-order valence-corrected chi connectivity index (χ0v) is 16.6. The molecule has 0 fully saturated rings. The minimum Gasteiger partial charge on any atom is -0.344 e. The summed E-state index contributed by atoms with van der Waals surface area (Å²) in [6.07, 6.45) is 3.54. The average molecular weight is 376 g/mol. The molecule has 29 heavy (non-hydrogen) atoms. The van der Waals surface area contributed by atoms with E-state index in [0.29, 0.717) is 5.92 Å². The summed E-state index contributed by atoms with van der Waals surface area (Å²) in [4.78, 5) is 0. The van der Waals surface area contributed by atoms with Gasteiger partial charge in [0.2, 0.25) is 0 Å². The molecule has 1 atom stereocenters. The molecule has 5 aromatic carbocycles. The molecule has 0 saturated carbocycles. The van der Waals surface area contributed by atoms with Gasteiger partial charge in [0, 0.05) is 0 Å². The Hall–Kier alpha value is -3.16. The van der Waals surface area contributed by atoms with Crippen LogP contribution in [-0.4, -0.2) is 0 Å². The minimum atomic E-state index is 0. The smallest absolute Gasteiger partial charge is 0.0102 e. The highest BCUT2D eigenvalue weighted by Crippen LogP contribution is 2.39. The molecule has 0 amide bonds. The van der Waals surface area contributed by atoms with Crippen LogP contribution in [0.1, 0.15) is 29.0 Å². The SMILES string of the molecule is N.c1ccc2c(C3CCc4c(ccc5c4ccc4ccccc45)C3)cccc2c1. The molecule has 0 radical (unpaired) electrons. The maximum absolute atomic E-state index is 2.39. The van der Waals surface area contributed by atoms with Crippen LogP contribution in [0, 0.1) is 0 Å². The van der Waals surface area contributed by atoms with Crippen molar-refractivity contribution in [3.63, 3.8) is 0 Å². The number of hydrogen-bond acceptors (Lipinski definition) is 1. The van der Waals surface area contributed by atoms with Gasteiger partial charge in [-0.1, -0.05) is 91.0 Å². The van der Waals surface area contributed by atoms with Crippen LogP contribution < -0.4 is 6.15 Å². The number of benzene rings is 5. The van der Waals surface area contributed by atoms with E-state index >= 15 is 0 Å². The Labute approximate surface area is 171 Å². The van der Waals surface area contributed by atoms with E-state index in [1.165, 1.54) is 56.3 Å². The van der Waals surface area contributed by atoms with Crippen molar-refractivity contribution < 1.29 is 0 Å². The van der Waals surface area contributed by atoms with Crippen molar-refractivity contribution in [3.05, 3.63) is 108 Å². The van der Waals surface area contributed by atoms with Gasteiger partial charge >= 0.3 is 0 Å². The van der Waals surface area contributed by atoms with E-state index in [2.05, 4.69) is 91.0 Å². The maximum Gasteiger partial charge on any atom is -0.0102 e. The van der Waals surface area contributed by atoms with Crippen LogP contribution in [0.2, 0.25) is 0 Å². The Kier molecular flexibility index (Phi) is 4.34. The summed E-state index contributed by atoms with van der Waals surface area (Å²) in [6, 6.07) is 33.7. The van der Waals surface area contributed by atoms with E-state index in [-0.39, 0.29) is 6.15 Å². The van der Waals surface area contributed by atoms with Crippen LogP contribution in [0.4, 0.5) is 0 Å². The van der Waals surface area contributed by atoms with E-state index in [4.69, 9.17) is 0 Å². The third-order valence-corrected chi connectivity index (χ3v) is 6.61. The zero-order valence-electron chi connectivity index (χ0n) is 16.6. The predicted molar refractivity (Wildman–Crippen MR) is 125 cm³/mol. The molecule has 0 aromatic heterocycles. The van der Waals surface area contributed by atoms with Gasteiger partial charge in [0.1, 0.15) is 0 Å². The molecule has 0 aliphatic heterocycles. The average Bonchev–Trinajstić information content (AvgIpc) is 2.78. The molecular weight excluding hydrogens is 350 g/mol. The van der Waals surface area contributed by atoms with Crippen molar-refractivity contribution in [2.45, 2.75) is 25.2 Å². The normalized spacial score (nSPS) is 15.9. The van der Waals surface area contributed by atoms with Crippen LogP contribution in [0.3, 0.4) is 0 Å². The lowest BCUT2D eigenvalue weighted by Crippen LogP contribution is -2.13. The predicted octanol–water partition coefficient (Wildman–Crippen LogP) is 7.58. The number of fused-ring (bicyclic) bond motifs is 6. The highest BCUT2D eigenvalue weighted by Gasteiger charge is 2.23. The molecule has 3 N–H and O–H groups in total. The molecule has 142 valence electrons. The van der Waals surface area contributed by atoms with Crippen LogP contribution in [-0.2, 0) is 12.8 Å². The molecule has 6 rings (SSSR count). The molecule has 5 aromatic rings. The maximum atomic E-state index is 2.39. The first-order chi connectivity index (χ1) is 13.9. The summed E-state index contributed by atoms with van der Waals surface area (Å²) in [7, 11) is 0. The van der Waals surface area contributed by atoms with Crippen LogP contribution in [0.15, 0.2) is 91.0 Å². The summed E-state index contributed by atoms with van der Waals surface area (Å²) in [5.74, 6) is 0.608. The third-order valence-electron chi connectivity index (χ3n) is 6.61. The number of hydrogen-bond donors (Lipinski definition) is 1. The molecule has 0 heterocycles. The highest BCUT2D eigenvalue weighted by molar-refractivity contribution is 6.08. The van der Waals surface area contributed by atoms with Crippen molar-refractivity contribution in [1.29, 1.82) is 0 Å². The molecule has 1 heteroatoms. The Bertz CT molecular complexity index is 1340. The fourth-order valence-corrected chi connectivity index (χ4v) is 5.24. The summed E-state index contributed by atoms with van der Waals surface area (Å²) < 4.78 is 0. The second kappa shape index (κ2) is 7.02. The van der Waals surface area contributed by atoms with Gasteiger partial charge in [-0.25, -0.2) is 0 Å². The van der Waals surface area contributed by atoms with E-state index < -0.39 is 0 Å². The third kappa shape index (κ3) is 2.82. The van der Waals surface area contributed by atoms with E-state index in [9.17, 15) is 0 Å². The lowest BCUT2D eigenvalue weighted by Gasteiger charge is -2.27. The Morgan fingerprint density at radius 1 is 0.552 bits per heavy atom. The Balaban J connectivity index is 0.00000181. The second-order valence-electron chi connectivity index (χ2n) is 8.09. The quantitative estimate of drug-likeness (QED) is 0.301. The van der Waals surface area contributed by atoms with Gasteiger partial charge in [-0.05, 0) is 74.2 Å². The number of aryl methyl sites for hydroxylation is 1. The van der Waals surface area contributed by atoms with E-state index in [0.717, 1.165) is 6.42 Å². The van der Waals surface area contributed by atoms with Crippen LogP contribution in [0.5, 0.6) is 0 Å². The summed E-state index contributed by atoms with van der Waals surface area (Å²) in [6.45, 7) is 0. The van der Waals surface area contributed by atoms with Crippen molar-refractivity contribution in [2.24, 2.45) is 0 Å². The summed E-state index contributed by atoms with van der Waals surface area (Å²) >= 11 is 0. The van der Waals surface area contributed by atoms with Crippen molar-refractivity contribution in [1.82, 2.24) is 6.15 Å². The van der Waals surface area contributed by atoms with Crippen molar-refractivity contribution in [2.75, 3.05) is 0 Å². The van der Waals surface area contributed by atoms with Gasteiger partial charge in [0.25, 0.3) is 0 Å². The van der Waals surface area contributed by atoms with Crippen molar-refractivity contribution in [3.8, 4) is 0 Å². The standard InChI is InChI=1S/C28H22.H3N/c1-3-9-23-19(6-1)8-5-11-25(23)21-13-15-26-22(18-21)14-17-27-24-10-4-2-7-20(24)12-16-28(26)27;/h1-12,14,16-17,21H,13,15,18H2;1H3. The summed E-state index contributed by atoms with van der Waals surface area (Å²) in [5, 5.41) is 8.34. The summed E-state index contributed by atoms with van der Waals surface area (Å²) in [5.41, 5.74) is 4.62. The zero-order chi connectivity index (χ0) is 18.5. The van der Waals surface area contributed by atoms with Crippen molar-refractivity contribution >= 4 is 32.3 Å². The minimum absolute atomic E-state index is 0.